The molecule has 0 aromatic rings. The third kappa shape index (κ3) is 4.02. The maximum absolute atomic E-state index is 12.6. The van der Waals surface area contributed by atoms with Crippen LogP contribution in [-0.4, -0.2) is 97.4 Å². The summed E-state index contributed by atoms with van der Waals surface area (Å²) in [6.45, 7) is 20.5. The summed E-state index contributed by atoms with van der Waals surface area (Å²) in [5, 5.41) is 15.6. The van der Waals surface area contributed by atoms with Gasteiger partial charge in [0.25, 0.3) is 0 Å². The van der Waals surface area contributed by atoms with E-state index in [1.54, 1.807) is 0 Å². The molecule has 0 radical (unpaired) electrons. The molecule has 0 aromatic heterocycles. The fourth-order valence-electron chi connectivity index (χ4n) is 14.6. The van der Waals surface area contributed by atoms with Crippen LogP contribution in [0.5, 0.6) is 0 Å². The van der Waals surface area contributed by atoms with Crippen LogP contribution in [0, 0.1) is 50.7 Å². The molecule has 2 unspecified atom stereocenters. The van der Waals surface area contributed by atoms with Crippen molar-refractivity contribution >= 4 is 6.09 Å². The Morgan fingerprint density at radius 2 is 1.72 bits per heavy atom. The Balaban J connectivity index is 0.956. The van der Waals surface area contributed by atoms with E-state index in [4.69, 9.17) is 23.7 Å². The molecule has 9 nitrogen and oxygen atoms in total. The van der Waals surface area contributed by atoms with E-state index in [1.165, 1.54) is 32.1 Å². The fourth-order valence-corrected chi connectivity index (χ4v) is 14.6. The number of cyclic esters (lactones) is 1. The first-order valence-electron chi connectivity index (χ1n) is 19.1. The number of hydrogen-bond acceptors (Lipinski definition) is 8. The summed E-state index contributed by atoms with van der Waals surface area (Å²) in [5.74, 6) is 1.84. The van der Waals surface area contributed by atoms with E-state index in [-0.39, 0.29) is 53.0 Å². The SMILES string of the molecule is C[C@@H]1C[C@H]([C@@H]2NC(=O)OC2(C)C)O[C@H]2[C@H]1[C@@]1(C)CC[C@@]34CC35CCC(O[C@H]3CN(C6COC6)CCO3)C(C)(C)[C@@H]5CC[C@H]4[C@]1(C)[C@H]2O. The van der Waals surface area contributed by atoms with Gasteiger partial charge < -0.3 is 34.1 Å². The quantitative estimate of drug-likeness (QED) is 0.430. The van der Waals surface area contributed by atoms with E-state index in [1.807, 2.05) is 13.8 Å². The van der Waals surface area contributed by atoms with Crippen molar-refractivity contribution in [1.29, 1.82) is 0 Å². The van der Waals surface area contributed by atoms with Crippen molar-refractivity contribution in [1.82, 2.24) is 10.2 Å². The van der Waals surface area contributed by atoms with Crippen LogP contribution < -0.4 is 5.32 Å². The molecule has 47 heavy (non-hydrogen) atoms. The van der Waals surface area contributed by atoms with Crippen molar-refractivity contribution in [3.63, 3.8) is 0 Å². The highest BCUT2D eigenvalue weighted by molar-refractivity contribution is 5.71. The van der Waals surface area contributed by atoms with E-state index in [0.29, 0.717) is 40.5 Å². The Hall–Kier alpha value is -0.970. The van der Waals surface area contributed by atoms with Gasteiger partial charge in [-0.05, 0) is 111 Å². The average molecular weight is 657 g/mol. The van der Waals surface area contributed by atoms with Crippen molar-refractivity contribution < 1.29 is 33.6 Å². The van der Waals surface area contributed by atoms with Gasteiger partial charge in [-0.3, -0.25) is 4.90 Å². The molecule has 2 N–H and O–H groups in total. The molecule has 9 heteroatoms. The number of aliphatic hydroxyl groups excluding tert-OH is 1. The zero-order chi connectivity index (χ0) is 32.9. The molecule has 9 fully saturated rings. The molecule has 0 aromatic carbocycles. The van der Waals surface area contributed by atoms with Crippen molar-refractivity contribution in [3.8, 4) is 0 Å². The molecule has 9 rings (SSSR count). The maximum atomic E-state index is 12.6. The number of amides is 1. The summed E-state index contributed by atoms with van der Waals surface area (Å²) in [6, 6.07) is 0.308. The largest absolute Gasteiger partial charge is 0.441 e. The molecule has 14 atom stereocenters. The van der Waals surface area contributed by atoms with Gasteiger partial charge in [-0.15, -0.1) is 0 Å². The first kappa shape index (κ1) is 32.0. The number of ether oxygens (including phenoxy) is 5. The Morgan fingerprint density at radius 1 is 0.979 bits per heavy atom. The third-order valence-electron chi connectivity index (χ3n) is 17.0. The van der Waals surface area contributed by atoms with E-state index in [2.05, 4.69) is 44.8 Å². The summed E-state index contributed by atoms with van der Waals surface area (Å²) < 4.78 is 31.2. The van der Waals surface area contributed by atoms with Crippen LogP contribution in [0.2, 0.25) is 0 Å². The maximum Gasteiger partial charge on any atom is 0.408 e. The summed E-state index contributed by atoms with van der Waals surface area (Å²) in [7, 11) is 0. The zero-order valence-corrected chi connectivity index (χ0v) is 29.9. The lowest BCUT2D eigenvalue weighted by Gasteiger charge is -2.64. The topological polar surface area (TPSA) is 98.7 Å². The van der Waals surface area contributed by atoms with E-state index < -0.39 is 11.7 Å². The first-order valence-corrected chi connectivity index (χ1v) is 19.1. The molecule has 5 saturated carbocycles. The lowest BCUT2D eigenvalue weighted by molar-refractivity contribution is -0.256. The number of rotatable bonds is 4. The Labute approximate surface area is 281 Å². The molecular formula is C38H60N2O7. The predicted molar refractivity (Wildman–Crippen MR) is 174 cm³/mol. The second-order valence-corrected chi connectivity index (χ2v) is 19.3. The third-order valence-corrected chi connectivity index (χ3v) is 17.0. The van der Waals surface area contributed by atoms with E-state index in [0.717, 1.165) is 52.2 Å². The minimum absolute atomic E-state index is 0.0183. The van der Waals surface area contributed by atoms with Gasteiger partial charge in [0.05, 0.1) is 62.9 Å². The van der Waals surface area contributed by atoms with Crippen molar-refractivity contribution in [3.05, 3.63) is 0 Å². The van der Waals surface area contributed by atoms with Crippen molar-refractivity contribution in [2.24, 2.45) is 50.7 Å². The second-order valence-electron chi connectivity index (χ2n) is 19.3. The number of fused-ring (bicyclic) bond motifs is 4. The lowest BCUT2D eigenvalue weighted by Crippen LogP contribution is -2.60. The van der Waals surface area contributed by atoms with Crippen LogP contribution in [0.1, 0.15) is 99.8 Å². The molecule has 9 aliphatic rings. The number of nitrogens with zero attached hydrogens (tertiary/aromatic N) is 1. The number of morpholine rings is 1. The van der Waals surface area contributed by atoms with E-state index in [9.17, 15) is 9.90 Å². The summed E-state index contributed by atoms with van der Waals surface area (Å²) in [6.07, 6.45) is 8.15. The Morgan fingerprint density at radius 3 is 2.43 bits per heavy atom. The summed E-state index contributed by atoms with van der Waals surface area (Å²) in [4.78, 5) is 14.8. The number of alkyl carbamates (subject to hydrolysis) is 1. The highest BCUT2D eigenvalue weighted by atomic mass is 16.7. The molecule has 5 aliphatic carbocycles. The smallest absolute Gasteiger partial charge is 0.408 e. The van der Waals surface area contributed by atoms with E-state index >= 15 is 0 Å². The standard InChI is InChI=1S/C38H60N2O7/c1-21-16-23(30-34(4,5)47-32(42)39-30)45-29-28(21)35(6)12-13-38-20-37(38)11-10-26(46-27-17-40(14-15-44-27)22-18-43-19-22)33(2,3)24(37)8-9-25(38)36(35,7)31(29)41/h21-31,41H,8-20H2,1-7H3,(H,39,42)/t21-,23-,24+,25+,26?,27+,28+,29+,30+,31+,35-,36-,37?,38+/m1/s1. The van der Waals surface area contributed by atoms with Gasteiger partial charge in [-0.25, -0.2) is 4.79 Å². The highest BCUT2D eigenvalue weighted by Crippen LogP contribution is 2.89. The molecule has 1 amide bonds. The van der Waals surface area contributed by atoms with Crippen LogP contribution >= 0.6 is 0 Å². The number of carbonyl (C=O) groups excluding carboxylic acids is 1. The van der Waals surface area contributed by atoms with Crippen LogP contribution in [0.15, 0.2) is 0 Å². The monoisotopic (exact) mass is 656 g/mol. The molecular weight excluding hydrogens is 596 g/mol. The predicted octanol–water partition coefficient (Wildman–Crippen LogP) is 5.13. The average Bonchev–Trinajstić information content (AvgIpc) is 3.50. The zero-order valence-electron chi connectivity index (χ0n) is 29.9. The Bertz CT molecular complexity index is 1300. The van der Waals surface area contributed by atoms with Gasteiger partial charge >= 0.3 is 6.09 Å². The van der Waals surface area contributed by atoms with Gasteiger partial charge in [0.1, 0.15) is 5.60 Å². The second kappa shape index (κ2) is 10.1. The van der Waals surface area contributed by atoms with Gasteiger partial charge in [0.15, 0.2) is 6.29 Å². The van der Waals surface area contributed by atoms with Crippen LogP contribution in [-0.2, 0) is 23.7 Å². The van der Waals surface area contributed by atoms with Crippen LogP contribution in [0.25, 0.3) is 0 Å². The first-order chi connectivity index (χ1) is 22.2. The minimum Gasteiger partial charge on any atom is -0.441 e. The van der Waals surface area contributed by atoms with Gasteiger partial charge in [-0.1, -0.05) is 34.6 Å². The van der Waals surface area contributed by atoms with Crippen LogP contribution in [0.4, 0.5) is 4.79 Å². The molecule has 4 saturated heterocycles. The van der Waals surface area contributed by atoms with Gasteiger partial charge in [0, 0.05) is 12.0 Å². The summed E-state index contributed by atoms with van der Waals surface area (Å²) >= 11 is 0. The molecule has 0 bridgehead atoms. The van der Waals surface area contributed by atoms with Gasteiger partial charge in [-0.2, -0.15) is 0 Å². The molecule has 2 spiro atoms. The van der Waals surface area contributed by atoms with Crippen LogP contribution in [0.3, 0.4) is 0 Å². The number of nitrogens with one attached hydrogen (secondary N) is 1. The number of hydrogen-bond donors (Lipinski definition) is 2. The Kier molecular flexibility index (Phi) is 6.86. The highest BCUT2D eigenvalue weighted by Gasteiger charge is 2.84. The molecule has 264 valence electrons. The summed E-state index contributed by atoms with van der Waals surface area (Å²) in [5.41, 5.74) is -0.0842. The van der Waals surface area contributed by atoms with Gasteiger partial charge in [0.2, 0.25) is 0 Å². The minimum atomic E-state index is -0.634. The number of carbonyl (C=O) groups is 1. The van der Waals surface area contributed by atoms with Crippen molar-refractivity contribution in [2.45, 2.75) is 148 Å². The van der Waals surface area contributed by atoms with Crippen molar-refractivity contribution in [2.75, 3.05) is 32.9 Å². The normalized spacial score (nSPS) is 56.1. The molecule has 4 heterocycles. The number of aliphatic hydroxyl groups is 1. The lowest BCUT2D eigenvalue weighted by atomic mass is 9.41. The molecule has 4 aliphatic heterocycles. The fraction of sp³-hybridized carbons (Fsp3) is 0.974.